The lowest BCUT2D eigenvalue weighted by molar-refractivity contribution is -0.116. The molecule has 0 saturated carbocycles. The largest absolute Gasteiger partial charge is 0.311 e. The zero-order valence-corrected chi connectivity index (χ0v) is 19.5. The third kappa shape index (κ3) is 4.63. The summed E-state index contributed by atoms with van der Waals surface area (Å²) < 4.78 is 2.02. The number of amides is 1. The van der Waals surface area contributed by atoms with E-state index in [2.05, 4.69) is 28.1 Å². The first-order valence-corrected chi connectivity index (χ1v) is 11.7. The fraction of sp³-hybridized carbons (Fsp3) is 0.348. The number of thioether (sulfide) groups is 1. The van der Waals surface area contributed by atoms with Gasteiger partial charge in [0, 0.05) is 22.9 Å². The molecule has 31 heavy (non-hydrogen) atoms. The molecule has 1 atom stereocenters. The fourth-order valence-corrected chi connectivity index (χ4v) is 4.67. The zero-order chi connectivity index (χ0) is 22.0. The van der Waals surface area contributed by atoms with Gasteiger partial charge in [-0.3, -0.25) is 14.3 Å². The van der Waals surface area contributed by atoms with Gasteiger partial charge in [0.25, 0.3) is 0 Å². The van der Waals surface area contributed by atoms with Crippen LogP contribution in [0.4, 0.5) is 5.69 Å². The SMILES string of the molecule is CC(c1nnc(SCC(=O)N2CCCc3ccccc32)n1-c1ccc(Cl)cc1)N(C)C. The number of nitrogens with zero attached hydrogens (tertiary/aromatic N) is 5. The molecule has 2 heterocycles. The Hall–Kier alpha value is -2.35. The summed E-state index contributed by atoms with van der Waals surface area (Å²) in [6, 6.07) is 15.8. The Balaban J connectivity index is 1.59. The van der Waals surface area contributed by atoms with Gasteiger partial charge >= 0.3 is 0 Å². The Morgan fingerprint density at radius 2 is 1.90 bits per heavy atom. The molecule has 0 aliphatic carbocycles. The summed E-state index contributed by atoms with van der Waals surface area (Å²) >= 11 is 7.51. The van der Waals surface area contributed by atoms with E-state index >= 15 is 0 Å². The number of benzene rings is 2. The van der Waals surface area contributed by atoms with Gasteiger partial charge in [0.15, 0.2) is 11.0 Å². The molecule has 1 amide bonds. The Morgan fingerprint density at radius 3 is 2.65 bits per heavy atom. The van der Waals surface area contributed by atoms with Gasteiger partial charge in [-0.15, -0.1) is 10.2 Å². The molecule has 1 unspecified atom stereocenters. The Kier molecular flexibility index (Phi) is 6.65. The monoisotopic (exact) mass is 455 g/mol. The number of halogens is 1. The summed E-state index contributed by atoms with van der Waals surface area (Å²) in [5.41, 5.74) is 3.19. The number of aromatic nitrogens is 3. The lowest BCUT2D eigenvalue weighted by Crippen LogP contribution is -2.36. The quantitative estimate of drug-likeness (QED) is 0.508. The van der Waals surface area contributed by atoms with Crippen molar-refractivity contribution in [3.63, 3.8) is 0 Å². The van der Waals surface area contributed by atoms with Crippen LogP contribution in [-0.4, -0.2) is 52.0 Å². The summed E-state index contributed by atoms with van der Waals surface area (Å²) in [5.74, 6) is 1.21. The zero-order valence-electron chi connectivity index (χ0n) is 18.0. The summed E-state index contributed by atoms with van der Waals surface area (Å²) in [4.78, 5) is 17.1. The van der Waals surface area contributed by atoms with E-state index in [0.29, 0.717) is 15.9 Å². The van der Waals surface area contributed by atoms with Crippen molar-refractivity contribution < 1.29 is 4.79 Å². The van der Waals surface area contributed by atoms with Crippen LogP contribution in [0, 0.1) is 0 Å². The third-order valence-corrected chi connectivity index (χ3v) is 6.79. The van der Waals surface area contributed by atoms with E-state index in [1.54, 1.807) is 0 Å². The van der Waals surface area contributed by atoms with Gasteiger partial charge in [-0.2, -0.15) is 0 Å². The highest BCUT2D eigenvalue weighted by Gasteiger charge is 2.25. The van der Waals surface area contributed by atoms with E-state index in [1.807, 2.05) is 66.0 Å². The van der Waals surface area contributed by atoms with Crippen molar-refractivity contribution in [3.05, 3.63) is 64.9 Å². The normalized spacial score (nSPS) is 14.5. The highest BCUT2D eigenvalue weighted by atomic mass is 35.5. The molecule has 2 aromatic carbocycles. The van der Waals surface area contributed by atoms with Crippen LogP contribution in [0.2, 0.25) is 5.02 Å². The maximum Gasteiger partial charge on any atom is 0.237 e. The maximum atomic E-state index is 13.1. The number of hydrogen-bond acceptors (Lipinski definition) is 5. The van der Waals surface area contributed by atoms with Gasteiger partial charge in [-0.1, -0.05) is 41.6 Å². The van der Waals surface area contributed by atoms with Crippen LogP contribution >= 0.6 is 23.4 Å². The molecule has 0 spiro atoms. The van der Waals surface area contributed by atoms with Crippen LogP contribution < -0.4 is 4.90 Å². The Morgan fingerprint density at radius 1 is 1.16 bits per heavy atom. The second-order valence-corrected chi connectivity index (χ2v) is 9.24. The van der Waals surface area contributed by atoms with Crippen molar-refractivity contribution in [1.82, 2.24) is 19.7 Å². The Labute approximate surface area is 192 Å². The van der Waals surface area contributed by atoms with Crippen LogP contribution in [0.1, 0.15) is 30.8 Å². The second-order valence-electron chi connectivity index (χ2n) is 7.86. The smallest absolute Gasteiger partial charge is 0.237 e. The minimum atomic E-state index is 0.0576. The van der Waals surface area contributed by atoms with Crippen LogP contribution in [0.5, 0.6) is 0 Å². The van der Waals surface area contributed by atoms with E-state index in [0.717, 1.165) is 36.6 Å². The van der Waals surface area contributed by atoms with E-state index in [1.165, 1.54) is 17.3 Å². The van der Waals surface area contributed by atoms with Crippen molar-refractivity contribution in [1.29, 1.82) is 0 Å². The van der Waals surface area contributed by atoms with Gasteiger partial charge in [0.05, 0.1) is 11.8 Å². The van der Waals surface area contributed by atoms with Crippen LogP contribution in [0.25, 0.3) is 5.69 Å². The summed E-state index contributed by atoms with van der Waals surface area (Å²) in [6.45, 7) is 2.84. The summed E-state index contributed by atoms with van der Waals surface area (Å²) in [6.07, 6.45) is 2.00. The molecule has 0 saturated heterocycles. The molecule has 0 fully saturated rings. The number of rotatable bonds is 6. The molecule has 6 nitrogen and oxygen atoms in total. The van der Waals surface area contributed by atoms with Gasteiger partial charge in [0.1, 0.15) is 0 Å². The highest BCUT2D eigenvalue weighted by molar-refractivity contribution is 7.99. The topological polar surface area (TPSA) is 54.3 Å². The number of para-hydroxylation sites is 1. The molecular formula is C23H26ClN5OS. The first-order valence-electron chi connectivity index (χ1n) is 10.3. The molecule has 8 heteroatoms. The Bertz CT molecular complexity index is 1070. The molecule has 1 aliphatic rings. The predicted octanol–water partition coefficient (Wildman–Crippen LogP) is 4.61. The third-order valence-electron chi connectivity index (χ3n) is 5.63. The molecule has 0 N–H and O–H groups in total. The van der Waals surface area contributed by atoms with Gasteiger partial charge in [0.2, 0.25) is 5.91 Å². The number of fused-ring (bicyclic) bond motifs is 1. The van der Waals surface area contributed by atoms with E-state index in [-0.39, 0.29) is 11.9 Å². The summed E-state index contributed by atoms with van der Waals surface area (Å²) in [5, 5.41) is 10.3. The maximum absolute atomic E-state index is 13.1. The van der Waals surface area contributed by atoms with Crippen molar-refractivity contribution >= 4 is 35.0 Å². The first kappa shape index (κ1) is 21.9. The molecule has 3 aromatic rings. The highest BCUT2D eigenvalue weighted by Crippen LogP contribution is 2.30. The number of anilines is 1. The molecule has 162 valence electrons. The molecule has 1 aromatic heterocycles. The molecule has 0 radical (unpaired) electrons. The summed E-state index contributed by atoms with van der Waals surface area (Å²) in [7, 11) is 4.02. The average molecular weight is 456 g/mol. The fourth-order valence-electron chi connectivity index (χ4n) is 3.71. The number of carbonyl (C=O) groups is 1. The van der Waals surface area contributed by atoms with Gasteiger partial charge in [-0.05, 0) is 69.8 Å². The lowest BCUT2D eigenvalue weighted by atomic mass is 10.0. The molecular weight excluding hydrogens is 430 g/mol. The van der Waals surface area contributed by atoms with Crippen molar-refractivity contribution in [2.24, 2.45) is 0 Å². The number of hydrogen-bond donors (Lipinski definition) is 0. The van der Waals surface area contributed by atoms with Crippen LogP contribution in [0.3, 0.4) is 0 Å². The second kappa shape index (κ2) is 9.42. The molecule has 4 rings (SSSR count). The predicted molar refractivity (Wildman–Crippen MR) is 126 cm³/mol. The van der Waals surface area contributed by atoms with E-state index in [4.69, 9.17) is 11.6 Å². The standard InChI is InChI=1S/C23H26ClN5OS/c1-16(27(2)3)22-25-26-23(29(22)19-12-10-18(24)11-13-19)31-15-21(30)28-14-6-8-17-7-4-5-9-20(17)28/h4-5,7,9-13,16H,6,8,14-15H2,1-3H3. The van der Waals surface area contributed by atoms with Crippen LogP contribution in [-0.2, 0) is 11.2 Å². The lowest BCUT2D eigenvalue weighted by Gasteiger charge is -2.29. The van der Waals surface area contributed by atoms with Crippen LogP contribution in [0.15, 0.2) is 53.7 Å². The van der Waals surface area contributed by atoms with Crippen molar-refractivity contribution in [2.75, 3.05) is 31.3 Å². The molecule has 1 aliphatic heterocycles. The van der Waals surface area contributed by atoms with E-state index < -0.39 is 0 Å². The van der Waals surface area contributed by atoms with Gasteiger partial charge in [-0.25, -0.2) is 0 Å². The van der Waals surface area contributed by atoms with E-state index in [9.17, 15) is 4.79 Å². The number of carbonyl (C=O) groups excluding carboxylic acids is 1. The molecule has 0 bridgehead atoms. The first-order chi connectivity index (χ1) is 15.0. The van der Waals surface area contributed by atoms with Crippen molar-refractivity contribution in [2.45, 2.75) is 31.0 Å². The average Bonchev–Trinajstić information content (AvgIpc) is 3.20. The number of aryl methyl sites for hydroxylation is 1. The minimum absolute atomic E-state index is 0.0576. The van der Waals surface area contributed by atoms with Gasteiger partial charge < -0.3 is 4.90 Å². The minimum Gasteiger partial charge on any atom is -0.311 e. The van der Waals surface area contributed by atoms with Crippen molar-refractivity contribution in [3.8, 4) is 5.69 Å².